The van der Waals surface area contributed by atoms with Crippen LogP contribution in [0.2, 0.25) is 0 Å². The molecular weight excluding hydrogens is 420 g/mol. The Morgan fingerprint density at radius 1 is 0.500 bits per heavy atom. The molecule has 0 heterocycles. The number of aliphatic hydroxyl groups is 1. The Bertz CT molecular complexity index is 363. The van der Waals surface area contributed by atoms with Crippen LogP contribution in [-0.4, -0.2) is 31.2 Å². The molecule has 0 fully saturated rings. The average Bonchev–Trinajstić information content (AvgIpc) is 2.85. The fourth-order valence-electron chi connectivity index (χ4n) is 4.35. The van der Waals surface area contributed by atoms with Crippen LogP contribution in [0.15, 0.2) is 12.2 Å². The molecule has 0 aromatic heterocycles. The van der Waals surface area contributed by atoms with E-state index >= 15 is 0 Å². The van der Waals surface area contributed by atoms with Crippen LogP contribution in [-0.2, 0) is 9.47 Å². The summed E-state index contributed by atoms with van der Waals surface area (Å²) in [6.45, 7) is 6.54. The quantitative estimate of drug-likeness (QED) is 0.0654. The van der Waals surface area contributed by atoms with Gasteiger partial charge in [-0.1, -0.05) is 129 Å². The highest BCUT2D eigenvalue weighted by Gasteiger charge is 2.09. The summed E-state index contributed by atoms with van der Waals surface area (Å²) in [6, 6.07) is 0. The number of allylic oxidation sites excluding steroid dienone is 1. The van der Waals surface area contributed by atoms with Crippen LogP contribution in [0.1, 0.15) is 162 Å². The van der Waals surface area contributed by atoms with Gasteiger partial charge in [-0.2, -0.15) is 0 Å². The molecule has 34 heavy (non-hydrogen) atoms. The summed E-state index contributed by atoms with van der Waals surface area (Å²) in [5.41, 5.74) is 0. The third-order valence-corrected chi connectivity index (χ3v) is 6.63. The normalized spacial score (nSPS) is 11.9. The fraction of sp³-hybridized carbons (Fsp3) is 0.935. The van der Waals surface area contributed by atoms with Gasteiger partial charge in [-0.25, -0.2) is 0 Å². The first-order valence-electron chi connectivity index (χ1n) is 15.3. The van der Waals surface area contributed by atoms with Crippen LogP contribution in [0.25, 0.3) is 0 Å². The minimum absolute atomic E-state index is 0.0110. The van der Waals surface area contributed by atoms with Gasteiger partial charge in [-0.15, -0.1) is 0 Å². The molecule has 1 N–H and O–H groups in total. The topological polar surface area (TPSA) is 38.7 Å². The van der Waals surface area contributed by atoms with Gasteiger partial charge in [0, 0.05) is 19.8 Å². The second-order valence-corrected chi connectivity index (χ2v) is 10.1. The number of ether oxygens (including phenoxy) is 2. The molecule has 3 heteroatoms. The van der Waals surface area contributed by atoms with Gasteiger partial charge in [-0.3, -0.25) is 0 Å². The molecule has 0 aromatic rings. The molecule has 0 aliphatic rings. The smallest absolute Gasteiger partial charge is 0.157 e. The van der Waals surface area contributed by atoms with Crippen LogP contribution >= 0.6 is 0 Å². The van der Waals surface area contributed by atoms with E-state index in [1.807, 2.05) is 0 Å². The van der Waals surface area contributed by atoms with Crippen LogP contribution < -0.4 is 0 Å². The molecule has 0 aliphatic carbocycles. The highest BCUT2D eigenvalue weighted by molar-refractivity contribution is 4.80. The highest BCUT2D eigenvalue weighted by atomic mass is 16.7. The molecule has 0 bridgehead atoms. The van der Waals surface area contributed by atoms with E-state index in [0.29, 0.717) is 0 Å². The standard InChI is InChI=1S/C31H62O3/c1-3-5-7-9-17-21-25-29-33-31(34-30-26-22-18-10-8-6-4-2)27-23-19-15-13-11-12-14-16-20-24-28-32/h16,20,31-32H,3-15,17-19,21-30H2,1-2H3/b20-16+. The Morgan fingerprint density at radius 2 is 0.912 bits per heavy atom. The minimum Gasteiger partial charge on any atom is -0.396 e. The number of aliphatic hydroxyl groups excluding tert-OH is 1. The van der Waals surface area contributed by atoms with Crippen LogP contribution in [0, 0.1) is 0 Å². The van der Waals surface area contributed by atoms with Crippen molar-refractivity contribution in [1.29, 1.82) is 0 Å². The van der Waals surface area contributed by atoms with Crippen molar-refractivity contribution in [3.05, 3.63) is 12.2 Å². The van der Waals surface area contributed by atoms with Crippen molar-refractivity contribution >= 4 is 0 Å². The van der Waals surface area contributed by atoms with E-state index in [4.69, 9.17) is 14.6 Å². The van der Waals surface area contributed by atoms with E-state index in [-0.39, 0.29) is 12.9 Å². The fourth-order valence-corrected chi connectivity index (χ4v) is 4.35. The molecule has 204 valence electrons. The lowest BCUT2D eigenvalue weighted by Gasteiger charge is -2.19. The Balaban J connectivity index is 3.86. The average molecular weight is 483 g/mol. The van der Waals surface area contributed by atoms with Crippen molar-refractivity contribution in [3.63, 3.8) is 0 Å². The van der Waals surface area contributed by atoms with Gasteiger partial charge >= 0.3 is 0 Å². The SMILES string of the molecule is CCCCCCCCCOC(CCCCCCCC/C=C/CCO)OCCCCCCCCC. The maximum absolute atomic E-state index is 8.78. The lowest BCUT2D eigenvalue weighted by atomic mass is 10.1. The first-order valence-corrected chi connectivity index (χ1v) is 15.3. The van der Waals surface area contributed by atoms with Crippen LogP contribution in [0.5, 0.6) is 0 Å². The van der Waals surface area contributed by atoms with E-state index in [0.717, 1.165) is 32.5 Å². The van der Waals surface area contributed by atoms with Crippen molar-refractivity contribution in [3.8, 4) is 0 Å². The predicted octanol–water partition coefficient (Wildman–Crippen LogP) is 9.91. The van der Waals surface area contributed by atoms with E-state index in [9.17, 15) is 0 Å². The molecule has 0 unspecified atom stereocenters. The zero-order valence-electron chi connectivity index (χ0n) is 23.4. The molecule has 0 aromatic carbocycles. The molecule has 0 spiro atoms. The number of hydrogen-bond donors (Lipinski definition) is 1. The Morgan fingerprint density at radius 3 is 1.41 bits per heavy atom. The highest BCUT2D eigenvalue weighted by Crippen LogP contribution is 2.15. The van der Waals surface area contributed by atoms with Crippen molar-refractivity contribution in [2.45, 2.75) is 168 Å². The lowest BCUT2D eigenvalue weighted by molar-refractivity contribution is -0.148. The van der Waals surface area contributed by atoms with E-state index in [2.05, 4.69) is 26.0 Å². The minimum atomic E-state index is 0.0110. The maximum atomic E-state index is 8.78. The van der Waals surface area contributed by atoms with E-state index in [1.54, 1.807) is 0 Å². The van der Waals surface area contributed by atoms with E-state index in [1.165, 1.54) is 128 Å². The predicted molar refractivity (Wildman–Crippen MR) is 149 cm³/mol. The molecule has 0 saturated heterocycles. The van der Waals surface area contributed by atoms with Crippen LogP contribution in [0.4, 0.5) is 0 Å². The summed E-state index contributed by atoms with van der Waals surface area (Å²) >= 11 is 0. The Hall–Kier alpha value is -0.380. The molecule has 0 radical (unpaired) electrons. The third-order valence-electron chi connectivity index (χ3n) is 6.63. The van der Waals surface area contributed by atoms with E-state index < -0.39 is 0 Å². The third kappa shape index (κ3) is 27.9. The first-order chi connectivity index (χ1) is 16.8. The zero-order chi connectivity index (χ0) is 24.8. The summed E-state index contributed by atoms with van der Waals surface area (Å²) in [7, 11) is 0. The van der Waals surface area contributed by atoms with Crippen molar-refractivity contribution < 1.29 is 14.6 Å². The van der Waals surface area contributed by atoms with Crippen molar-refractivity contribution in [1.82, 2.24) is 0 Å². The van der Waals surface area contributed by atoms with Gasteiger partial charge < -0.3 is 14.6 Å². The van der Waals surface area contributed by atoms with Gasteiger partial charge in [0.05, 0.1) is 0 Å². The van der Waals surface area contributed by atoms with Crippen molar-refractivity contribution in [2.75, 3.05) is 19.8 Å². The van der Waals surface area contributed by atoms with Gasteiger partial charge in [-0.05, 0) is 44.9 Å². The number of unbranched alkanes of at least 4 members (excludes halogenated alkanes) is 18. The molecule has 0 aliphatic heterocycles. The van der Waals surface area contributed by atoms with Crippen LogP contribution in [0.3, 0.4) is 0 Å². The molecule has 0 amide bonds. The lowest BCUT2D eigenvalue weighted by Crippen LogP contribution is -2.19. The molecule has 3 nitrogen and oxygen atoms in total. The summed E-state index contributed by atoms with van der Waals surface area (Å²) < 4.78 is 12.3. The largest absolute Gasteiger partial charge is 0.396 e. The van der Waals surface area contributed by atoms with Gasteiger partial charge in [0.2, 0.25) is 0 Å². The molecule has 0 saturated carbocycles. The summed E-state index contributed by atoms with van der Waals surface area (Å²) in [4.78, 5) is 0. The van der Waals surface area contributed by atoms with Gasteiger partial charge in [0.1, 0.15) is 0 Å². The second kappa shape index (κ2) is 30.7. The zero-order valence-corrected chi connectivity index (χ0v) is 23.4. The molecular formula is C31H62O3. The maximum Gasteiger partial charge on any atom is 0.157 e. The second-order valence-electron chi connectivity index (χ2n) is 10.1. The van der Waals surface area contributed by atoms with Gasteiger partial charge in [0.25, 0.3) is 0 Å². The summed E-state index contributed by atoms with van der Waals surface area (Å²) in [5.74, 6) is 0. The Kier molecular flexibility index (Phi) is 30.3. The monoisotopic (exact) mass is 482 g/mol. The first kappa shape index (κ1) is 33.6. The van der Waals surface area contributed by atoms with Crippen molar-refractivity contribution in [2.24, 2.45) is 0 Å². The number of rotatable bonds is 29. The number of hydrogen-bond acceptors (Lipinski definition) is 3. The van der Waals surface area contributed by atoms with Gasteiger partial charge in [0.15, 0.2) is 6.29 Å². The summed E-state index contributed by atoms with van der Waals surface area (Å²) in [6.07, 6.45) is 33.7. The summed E-state index contributed by atoms with van der Waals surface area (Å²) in [5, 5.41) is 8.78. The molecule has 0 rings (SSSR count). The molecule has 0 atom stereocenters. The Labute approximate surface area is 214 Å².